The molecule has 2 heterocycles. The van der Waals surface area contributed by atoms with Gasteiger partial charge in [-0.15, -0.1) is 0 Å². The number of methoxy groups -OCH3 is 1. The first kappa shape index (κ1) is 19.1. The van der Waals surface area contributed by atoms with Crippen molar-refractivity contribution in [3.63, 3.8) is 0 Å². The molecular formula is C18H27N3O4S. The molecule has 2 aliphatic rings. The van der Waals surface area contributed by atoms with Crippen LogP contribution in [0.4, 0.5) is 0 Å². The molecule has 2 N–H and O–H groups in total. The minimum absolute atomic E-state index is 0.0243. The molecule has 0 aliphatic carbocycles. The third kappa shape index (κ3) is 3.72. The van der Waals surface area contributed by atoms with E-state index in [1.165, 1.54) is 6.92 Å². The standard InChI is InChI=1S/C18H27N3O4S/c1-13-10-16(4-5-17(13)25-3)26(23,24)21-8-6-18(7-9-21)11-15(12-19-18)20-14(2)22/h4-5,10,15,19H,6-9,11-12H2,1-3H3,(H,20,22). The van der Waals surface area contributed by atoms with Crippen molar-refractivity contribution in [1.82, 2.24) is 14.9 Å². The number of nitrogens with one attached hydrogen (secondary N) is 2. The summed E-state index contributed by atoms with van der Waals surface area (Å²) in [5.41, 5.74) is 0.729. The zero-order chi connectivity index (χ0) is 18.9. The molecule has 8 heteroatoms. The van der Waals surface area contributed by atoms with Gasteiger partial charge in [-0.25, -0.2) is 8.42 Å². The van der Waals surface area contributed by atoms with Crippen LogP contribution in [-0.2, 0) is 14.8 Å². The molecule has 1 amide bonds. The molecule has 1 unspecified atom stereocenters. The molecule has 3 rings (SSSR count). The zero-order valence-electron chi connectivity index (χ0n) is 15.5. The topological polar surface area (TPSA) is 87.7 Å². The van der Waals surface area contributed by atoms with Crippen LogP contribution in [0.25, 0.3) is 0 Å². The monoisotopic (exact) mass is 381 g/mol. The van der Waals surface area contributed by atoms with Gasteiger partial charge in [-0.3, -0.25) is 4.79 Å². The van der Waals surface area contributed by atoms with Crippen LogP contribution in [0.3, 0.4) is 0 Å². The predicted octanol–water partition coefficient (Wildman–Crippen LogP) is 1.02. The maximum Gasteiger partial charge on any atom is 0.243 e. The van der Waals surface area contributed by atoms with E-state index >= 15 is 0 Å². The molecule has 2 fully saturated rings. The largest absolute Gasteiger partial charge is 0.496 e. The van der Waals surface area contributed by atoms with E-state index in [2.05, 4.69) is 10.6 Å². The smallest absolute Gasteiger partial charge is 0.243 e. The number of nitrogens with zero attached hydrogens (tertiary/aromatic N) is 1. The Kier molecular flexibility index (Phi) is 5.28. The Balaban J connectivity index is 1.68. The van der Waals surface area contributed by atoms with E-state index in [0.717, 1.165) is 31.4 Å². The van der Waals surface area contributed by atoms with E-state index < -0.39 is 10.0 Å². The molecule has 144 valence electrons. The lowest BCUT2D eigenvalue weighted by Crippen LogP contribution is -2.51. The molecule has 1 aromatic carbocycles. The summed E-state index contributed by atoms with van der Waals surface area (Å²) in [6, 6.07) is 5.09. The molecule has 2 aliphatic heterocycles. The second-order valence-electron chi connectivity index (χ2n) is 7.30. The van der Waals surface area contributed by atoms with Crippen molar-refractivity contribution in [3.05, 3.63) is 23.8 Å². The van der Waals surface area contributed by atoms with E-state index in [4.69, 9.17) is 4.74 Å². The van der Waals surface area contributed by atoms with Crippen molar-refractivity contribution in [3.8, 4) is 5.75 Å². The van der Waals surface area contributed by atoms with E-state index in [0.29, 0.717) is 23.7 Å². The van der Waals surface area contributed by atoms with Gasteiger partial charge in [-0.1, -0.05) is 0 Å². The molecule has 0 saturated carbocycles. The van der Waals surface area contributed by atoms with Gasteiger partial charge >= 0.3 is 0 Å². The van der Waals surface area contributed by atoms with Crippen LogP contribution in [0.2, 0.25) is 0 Å². The zero-order valence-corrected chi connectivity index (χ0v) is 16.4. The van der Waals surface area contributed by atoms with E-state index in [-0.39, 0.29) is 17.5 Å². The van der Waals surface area contributed by atoms with Crippen LogP contribution in [-0.4, -0.2) is 57.0 Å². The average Bonchev–Trinajstić information content (AvgIpc) is 2.96. The average molecular weight is 381 g/mol. The van der Waals surface area contributed by atoms with Crippen LogP contribution < -0.4 is 15.4 Å². The summed E-state index contributed by atoms with van der Waals surface area (Å²) in [7, 11) is -1.94. The minimum atomic E-state index is -3.51. The Hall–Kier alpha value is -1.64. The number of amides is 1. The molecule has 1 spiro atoms. The fourth-order valence-corrected chi connectivity index (χ4v) is 5.57. The fraction of sp³-hybridized carbons (Fsp3) is 0.611. The maximum atomic E-state index is 13.0. The summed E-state index contributed by atoms with van der Waals surface area (Å²) >= 11 is 0. The van der Waals surface area contributed by atoms with Crippen LogP contribution in [0.5, 0.6) is 5.75 Å². The maximum absolute atomic E-state index is 13.0. The van der Waals surface area contributed by atoms with Gasteiger partial charge in [0.25, 0.3) is 0 Å². The van der Waals surface area contributed by atoms with E-state index in [1.54, 1.807) is 29.6 Å². The van der Waals surface area contributed by atoms with Gasteiger partial charge in [-0.2, -0.15) is 4.31 Å². The number of piperidine rings is 1. The van der Waals surface area contributed by atoms with Gasteiger partial charge in [-0.05, 0) is 49.9 Å². The number of sulfonamides is 1. The Bertz CT molecular complexity index is 786. The van der Waals surface area contributed by atoms with Gasteiger partial charge < -0.3 is 15.4 Å². The van der Waals surface area contributed by atoms with Crippen molar-refractivity contribution in [2.24, 2.45) is 0 Å². The van der Waals surface area contributed by atoms with Gasteiger partial charge in [0.2, 0.25) is 15.9 Å². The van der Waals surface area contributed by atoms with Gasteiger partial charge in [0.15, 0.2) is 0 Å². The van der Waals surface area contributed by atoms with Crippen molar-refractivity contribution < 1.29 is 17.9 Å². The molecule has 1 aromatic rings. The first-order valence-electron chi connectivity index (χ1n) is 8.93. The minimum Gasteiger partial charge on any atom is -0.496 e. The highest BCUT2D eigenvalue weighted by atomic mass is 32.2. The van der Waals surface area contributed by atoms with Gasteiger partial charge in [0, 0.05) is 38.1 Å². The number of carbonyl (C=O) groups is 1. The van der Waals surface area contributed by atoms with E-state index in [9.17, 15) is 13.2 Å². The van der Waals surface area contributed by atoms with E-state index in [1.807, 2.05) is 6.92 Å². The summed E-state index contributed by atoms with van der Waals surface area (Å²) in [6.07, 6.45) is 2.34. The molecule has 26 heavy (non-hydrogen) atoms. The predicted molar refractivity (Wildman–Crippen MR) is 98.7 cm³/mol. The highest BCUT2D eigenvalue weighted by molar-refractivity contribution is 7.89. The first-order chi connectivity index (χ1) is 12.3. The third-order valence-electron chi connectivity index (χ3n) is 5.45. The summed E-state index contributed by atoms with van der Waals surface area (Å²) in [4.78, 5) is 11.6. The highest BCUT2D eigenvalue weighted by Gasteiger charge is 2.43. The summed E-state index contributed by atoms with van der Waals surface area (Å²) in [6.45, 7) is 5.06. The Morgan fingerprint density at radius 1 is 1.35 bits per heavy atom. The number of rotatable bonds is 4. The lowest BCUT2D eigenvalue weighted by molar-refractivity contribution is -0.119. The molecule has 0 bridgehead atoms. The fourth-order valence-electron chi connectivity index (χ4n) is 4.04. The van der Waals surface area contributed by atoms with Gasteiger partial charge in [0.1, 0.15) is 5.75 Å². The number of hydrogen-bond acceptors (Lipinski definition) is 5. The second-order valence-corrected chi connectivity index (χ2v) is 9.24. The molecule has 2 saturated heterocycles. The summed E-state index contributed by atoms with van der Waals surface area (Å²) < 4.78 is 32.7. The number of benzene rings is 1. The molecular weight excluding hydrogens is 354 g/mol. The number of carbonyl (C=O) groups excluding carboxylic acids is 1. The van der Waals surface area contributed by atoms with Crippen LogP contribution >= 0.6 is 0 Å². The van der Waals surface area contributed by atoms with Crippen LogP contribution in [0.15, 0.2) is 23.1 Å². The normalized spacial score (nSPS) is 23.1. The summed E-state index contributed by atoms with van der Waals surface area (Å²) in [5.74, 6) is 0.657. The Morgan fingerprint density at radius 2 is 2.04 bits per heavy atom. The molecule has 0 radical (unpaired) electrons. The van der Waals surface area contributed by atoms with Crippen molar-refractivity contribution in [2.75, 3.05) is 26.7 Å². The number of ether oxygens (including phenoxy) is 1. The lowest BCUT2D eigenvalue weighted by Gasteiger charge is -2.39. The quantitative estimate of drug-likeness (QED) is 0.813. The Labute approximate surface area is 155 Å². The number of hydrogen-bond donors (Lipinski definition) is 2. The van der Waals surface area contributed by atoms with Crippen molar-refractivity contribution in [2.45, 2.75) is 49.6 Å². The van der Waals surface area contributed by atoms with Crippen LogP contribution in [0, 0.1) is 6.92 Å². The SMILES string of the molecule is COc1ccc(S(=O)(=O)N2CCC3(CC2)CC(NC(C)=O)CN3)cc1C. The first-order valence-corrected chi connectivity index (χ1v) is 10.4. The molecule has 1 atom stereocenters. The van der Waals surface area contributed by atoms with Crippen LogP contribution in [0.1, 0.15) is 31.7 Å². The Morgan fingerprint density at radius 3 is 2.62 bits per heavy atom. The van der Waals surface area contributed by atoms with Gasteiger partial charge in [0.05, 0.1) is 12.0 Å². The van der Waals surface area contributed by atoms with Crippen molar-refractivity contribution >= 4 is 15.9 Å². The molecule has 7 nitrogen and oxygen atoms in total. The lowest BCUT2D eigenvalue weighted by atomic mass is 9.86. The summed E-state index contributed by atoms with van der Waals surface area (Å²) in [5, 5.41) is 6.46. The highest BCUT2D eigenvalue weighted by Crippen LogP contribution is 2.33. The molecule has 0 aromatic heterocycles. The number of aryl methyl sites for hydroxylation is 1. The third-order valence-corrected chi connectivity index (χ3v) is 7.35. The second kappa shape index (κ2) is 7.17. The van der Waals surface area contributed by atoms with Crippen molar-refractivity contribution in [1.29, 1.82) is 0 Å².